The van der Waals surface area contributed by atoms with Gasteiger partial charge in [0.15, 0.2) is 0 Å². The number of ether oxygens (including phenoxy) is 1. The molecule has 0 amide bonds. The second-order valence-electron chi connectivity index (χ2n) is 7.36. The van der Waals surface area contributed by atoms with Crippen LogP contribution in [0.15, 0.2) is 35.1 Å². The van der Waals surface area contributed by atoms with Crippen molar-refractivity contribution in [3.63, 3.8) is 0 Å². The van der Waals surface area contributed by atoms with E-state index in [0.29, 0.717) is 29.8 Å². The van der Waals surface area contributed by atoms with Gasteiger partial charge in [0.05, 0.1) is 45.9 Å². The van der Waals surface area contributed by atoms with E-state index in [1.54, 1.807) is 4.57 Å². The lowest BCUT2D eigenvalue weighted by Crippen LogP contribution is -2.47. The van der Waals surface area contributed by atoms with Crippen LogP contribution in [0.4, 0.5) is 0 Å². The van der Waals surface area contributed by atoms with Crippen LogP contribution in [-0.4, -0.2) is 37.5 Å². The van der Waals surface area contributed by atoms with Crippen molar-refractivity contribution in [3.8, 4) is 11.4 Å². The van der Waals surface area contributed by atoms with Crippen LogP contribution in [0.25, 0.3) is 22.3 Å². The van der Waals surface area contributed by atoms with Gasteiger partial charge in [-0.25, -0.2) is 4.98 Å². The fourth-order valence-electron chi connectivity index (χ4n) is 4.35. The number of rotatable bonds is 2. The third-order valence-electron chi connectivity index (χ3n) is 6.02. The van der Waals surface area contributed by atoms with Crippen LogP contribution in [0.3, 0.4) is 0 Å². The summed E-state index contributed by atoms with van der Waals surface area (Å²) in [5.74, 6) is -0.485. The lowest BCUT2D eigenvalue weighted by Gasteiger charge is -2.34. The molecule has 0 saturated carbocycles. The van der Waals surface area contributed by atoms with Crippen LogP contribution in [-0.2, 0) is 28.1 Å². The molecule has 7 heteroatoms. The average Bonchev–Trinajstić information content (AvgIpc) is 3.06. The summed E-state index contributed by atoms with van der Waals surface area (Å²) in [6.45, 7) is 1.78. The zero-order valence-electron chi connectivity index (χ0n) is 15.3. The normalized spacial score (nSPS) is 19.9. The van der Waals surface area contributed by atoms with E-state index in [0.717, 1.165) is 27.3 Å². The average molecular weight is 389 g/mol. The first-order valence-electron chi connectivity index (χ1n) is 9.20. The van der Waals surface area contributed by atoms with Gasteiger partial charge in [0.2, 0.25) is 0 Å². The molecule has 3 aromatic rings. The van der Waals surface area contributed by atoms with E-state index in [4.69, 9.17) is 9.72 Å². The molecule has 1 atom stereocenters. The fraction of sp³-hybridized carbons (Fsp3) is 0.286. The van der Waals surface area contributed by atoms with Crippen molar-refractivity contribution in [2.45, 2.75) is 31.9 Å². The van der Waals surface area contributed by atoms with Crippen molar-refractivity contribution < 1.29 is 14.6 Å². The van der Waals surface area contributed by atoms with E-state index in [-0.39, 0.29) is 12.2 Å². The van der Waals surface area contributed by atoms with Crippen molar-refractivity contribution in [2.75, 3.05) is 6.61 Å². The van der Waals surface area contributed by atoms with Gasteiger partial charge in [-0.15, -0.1) is 0 Å². The van der Waals surface area contributed by atoms with Crippen molar-refractivity contribution in [1.82, 2.24) is 9.55 Å². The number of aliphatic hydroxyl groups is 1. The zero-order valence-corrected chi connectivity index (χ0v) is 16.3. The lowest BCUT2D eigenvalue weighted by atomic mass is 9.75. The van der Waals surface area contributed by atoms with Crippen molar-refractivity contribution >= 4 is 32.3 Å². The molecular weight excluding hydrogens is 372 g/mol. The molecule has 2 aliphatic heterocycles. The van der Waals surface area contributed by atoms with Gasteiger partial charge in [0.1, 0.15) is 12.0 Å². The van der Waals surface area contributed by atoms with Crippen LogP contribution < -0.4 is 10.7 Å². The van der Waals surface area contributed by atoms with Gasteiger partial charge >= 0.3 is 5.97 Å². The molecule has 6 nitrogen and oxygen atoms in total. The maximum Gasteiger partial charge on any atom is 0.319 e. The first-order chi connectivity index (χ1) is 13.5. The number of para-hydroxylation sites is 1. The Morgan fingerprint density at radius 3 is 2.89 bits per heavy atom. The number of carbonyl (C=O) groups excluding carboxylic acids is 1. The highest BCUT2D eigenvalue weighted by Gasteiger charge is 2.46. The van der Waals surface area contributed by atoms with Crippen molar-refractivity contribution in [3.05, 3.63) is 57.4 Å². The third-order valence-corrected chi connectivity index (χ3v) is 6.43. The van der Waals surface area contributed by atoms with Crippen LogP contribution in [0.5, 0.6) is 0 Å². The van der Waals surface area contributed by atoms with E-state index in [1.807, 2.05) is 37.3 Å². The molecule has 0 saturated heterocycles. The van der Waals surface area contributed by atoms with Crippen LogP contribution in [0, 0.1) is 0 Å². The van der Waals surface area contributed by atoms with Gasteiger partial charge in [0.25, 0.3) is 5.56 Å². The Balaban J connectivity index is 1.82. The molecule has 0 aliphatic carbocycles. The predicted octanol–water partition coefficient (Wildman–Crippen LogP) is 0.916. The molecule has 28 heavy (non-hydrogen) atoms. The number of cyclic esters (lactones) is 1. The van der Waals surface area contributed by atoms with E-state index < -0.39 is 18.0 Å². The number of hydrogen-bond acceptors (Lipinski definition) is 5. The number of aliphatic hydroxyl groups excluding tert-OH is 1. The van der Waals surface area contributed by atoms with Gasteiger partial charge in [0, 0.05) is 10.9 Å². The van der Waals surface area contributed by atoms with E-state index in [2.05, 4.69) is 10.2 Å². The van der Waals surface area contributed by atoms with Crippen LogP contribution >= 0.6 is 0 Å². The molecule has 1 N–H and O–H groups in total. The van der Waals surface area contributed by atoms with Crippen LogP contribution in [0.2, 0.25) is 0 Å². The summed E-state index contributed by atoms with van der Waals surface area (Å²) in [6, 6.07) is 9.76. The maximum absolute atomic E-state index is 13.2. The minimum Gasteiger partial charge on any atom is -0.460 e. The van der Waals surface area contributed by atoms with Gasteiger partial charge in [-0.1, -0.05) is 25.1 Å². The summed E-state index contributed by atoms with van der Waals surface area (Å²) in [5.41, 5.74) is 2.80. The molecule has 3 radical (unpaired) electrons. The standard InChI is InChI=1S/C21H17N2O4Si/c1-2-21(10-24)14-7-15-17-12(6-11-4-3-5-16(28)18(11)22-17)8-23(15)19(25)13(14)9-27-20(21)26/h3-7,24H,2,8-10H2,1H3. The summed E-state index contributed by atoms with van der Waals surface area (Å²) in [5, 5.41) is 11.9. The topological polar surface area (TPSA) is 81.4 Å². The number of fused-ring (bicyclic) bond motifs is 5. The zero-order chi connectivity index (χ0) is 19.6. The van der Waals surface area contributed by atoms with Gasteiger partial charge in [-0.3, -0.25) is 9.59 Å². The second kappa shape index (κ2) is 5.86. The number of esters is 1. The molecule has 0 fully saturated rings. The van der Waals surface area contributed by atoms with E-state index in [9.17, 15) is 14.7 Å². The molecule has 2 aromatic heterocycles. The Morgan fingerprint density at radius 1 is 1.32 bits per heavy atom. The number of nitrogens with zero attached hydrogens (tertiary/aromatic N) is 2. The number of benzene rings is 1. The fourth-order valence-corrected chi connectivity index (χ4v) is 4.64. The first-order valence-corrected chi connectivity index (χ1v) is 9.70. The SMILES string of the molecule is CCC1(CO)C(=O)OCc2c1cc1n(c2=O)Cc2cc3cccc([Si])c3nc2-1. The molecule has 4 heterocycles. The summed E-state index contributed by atoms with van der Waals surface area (Å²) in [4.78, 5) is 30.5. The molecule has 0 bridgehead atoms. The van der Waals surface area contributed by atoms with Crippen molar-refractivity contribution in [2.24, 2.45) is 0 Å². The Kier molecular flexibility index (Phi) is 3.63. The molecular formula is C21H17N2O4Si. The third kappa shape index (κ3) is 2.08. The number of pyridine rings is 2. The number of aromatic nitrogens is 2. The summed E-state index contributed by atoms with van der Waals surface area (Å²) >= 11 is 0. The Labute approximate surface area is 164 Å². The predicted molar refractivity (Wildman–Crippen MR) is 105 cm³/mol. The highest BCUT2D eigenvalue weighted by Crippen LogP contribution is 2.39. The lowest BCUT2D eigenvalue weighted by molar-refractivity contribution is -0.156. The monoisotopic (exact) mass is 389 g/mol. The van der Waals surface area contributed by atoms with E-state index >= 15 is 0 Å². The first kappa shape index (κ1) is 17.3. The summed E-state index contributed by atoms with van der Waals surface area (Å²) < 4.78 is 6.94. The molecule has 0 spiro atoms. The molecule has 1 unspecified atom stereocenters. The van der Waals surface area contributed by atoms with E-state index in [1.165, 1.54) is 0 Å². The highest BCUT2D eigenvalue weighted by molar-refractivity contribution is 6.38. The largest absolute Gasteiger partial charge is 0.460 e. The summed E-state index contributed by atoms with van der Waals surface area (Å²) in [7, 11) is 3.60. The Hall–Kier alpha value is -2.77. The van der Waals surface area contributed by atoms with Crippen molar-refractivity contribution in [1.29, 1.82) is 0 Å². The smallest absolute Gasteiger partial charge is 0.319 e. The minimum absolute atomic E-state index is 0.0634. The highest BCUT2D eigenvalue weighted by atomic mass is 28.1. The Bertz CT molecular complexity index is 1230. The Morgan fingerprint density at radius 2 is 2.14 bits per heavy atom. The minimum atomic E-state index is -1.21. The number of hydrogen-bond donors (Lipinski definition) is 1. The summed E-state index contributed by atoms with van der Waals surface area (Å²) in [6.07, 6.45) is 0.349. The molecule has 139 valence electrons. The molecule has 5 rings (SSSR count). The quantitative estimate of drug-likeness (QED) is 0.407. The van der Waals surface area contributed by atoms with Gasteiger partial charge in [-0.2, -0.15) is 0 Å². The maximum atomic E-state index is 13.2. The molecule has 2 aliphatic rings. The van der Waals surface area contributed by atoms with Gasteiger partial charge < -0.3 is 14.4 Å². The molecule has 1 aromatic carbocycles. The van der Waals surface area contributed by atoms with Gasteiger partial charge in [-0.05, 0) is 29.3 Å². The van der Waals surface area contributed by atoms with Crippen LogP contribution in [0.1, 0.15) is 30.0 Å². The number of carbonyl (C=O) groups is 1. The second-order valence-corrected chi connectivity index (χ2v) is 7.90.